The minimum absolute atomic E-state index is 0.0861. The Labute approximate surface area is 147 Å². The molecule has 3 aromatic rings. The van der Waals surface area contributed by atoms with Gasteiger partial charge in [0.25, 0.3) is 5.56 Å². The van der Waals surface area contributed by atoms with Gasteiger partial charge >= 0.3 is 0 Å². The summed E-state index contributed by atoms with van der Waals surface area (Å²) in [5, 5.41) is 2.34. The molecule has 0 amide bonds. The number of halogens is 1. The molecule has 2 heterocycles. The van der Waals surface area contributed by atoms with Crippen LogP contribution >= 0.6 is 34.7 Å². The van der Waals surface area contributed by atoms with Crippen LogP contribution in [0.15, 0.2) is 34.2 Å². The minimum Gasteiger partial charge on any atom is -0.290 e. The molecular weight excluding hydrogens is 348 g/mol. The van der Waals surface area contributed by atoms with Gasteiger partial charge in [-0.2, -0.15) is 0 Å². The third-order valence-corrected chi connectivity index (χ3v) is 6.68. The molecule has 3 nitrogen and oxygen atoms in total. The fraction of sp³-hybridized carbons (Fsp3) is 0.294. The summed E-state index contributed by atoms with van der Waals surface area (Å²) in [4.78, 5) is 19.7. The fourth-order valence-corrected chi connectivity index (χ4v) is 5.44. The lowest BCUT2D eigenvalue weighted by Crippen LogP contribution is -2.20. The van der Waals surface area contributed by atoms with Crippen molar-refractivity contribution in [3.8, 4) is 0 Å². The number of thiophene rings is 1. The molecule has 1 aliphatic carbocycles. The molecule has 0 spiro atoms. The number of aromatic nitrogens is 2. The van der Waals surface area contributed by atoms with Crippen LogP contribution < -0.4 is 5.56 Å². The van der Waals surface area contributed by atoms with Crippen LogP contribution in [0, 0.1) is 0 Å². The fourth-order valence-electron chi connectivity index (χ4n) is 3.01. The summed E-state index contributed by atoms with van der Waals surface area (Å²) in [5.41, 5.74) is 2.46. The zero-order valence-corrected chi connectivity index (χ0v) is 15.0. The van der Waals surface area contributed by atoms with Crippen molar-refractivity contribution in [3.63, 3.8) is 0 Å². The average molecular weight is 363 g/mol. The molecule has 1 aromatic carbocycles. The summed E-state index contributed by atoms with van der Waals surface area (Å²) in [6.45, 7) is 0. The maximum absolute atomic E-state index is 12.7. The van der Waals surface area contributed by atoms with Crippen molar-refractivity contribution in [1.82, 2.24) is 9.55 Å². The third kappa shape index (κ3) is 2.71. The van der Waals surface area contributed by atoms with Crippen molar-refractivity contribution in [3.05, 3.63) is 55.6 Å². The van der Waals surface area contributed by atoms with Gasteiger partial charge in [0.05, 0.1) is 5.39 Å². The lowest BCUT2D eigenvalue weighted by atomic mass is 10.2. The highest BCUT2D eigenvalue weighted by Gasteiger charge is 2.22. The monoisotopic (exact) mass is 362 g/mol. The minimum atomic E-state index is 0.0861. The molecule has 23 heavy (non-hydrogen) atoms. The van der Waals surface area contributed by atoms with Gasteiger partial charge in [-0.15, -0.1) is 11.3 Å². The second kappa shape index (κ2) is 5.96. The number of nitrogens with zero attached hydrogens (tertiary/aromatic N) is 2. The molecule has 4 rings (SSSR count). The SMILES string of the molecule is Cn1c(SCc2cccc(Cl)c2)nc2sc3c(c2c1=O)CCC3. The Hall–Kier alpha value is -1.30. The van der Waals surface area contributed by atoms with E-state index in [-0.39, 0.29) is 5.56 Å². The summed E-state index contributed by atoms with van der Waals surface area (Å²) in [5.74, 6) is 0.747. The van der Waals surface area contributed by atoms with Crippen LogP contribution in [0.2, 0.25) is 5.02 Å². The zero-order valence-electron chi connectivity index (χ0n) is 12.6. The highest BCUT2D eigenvalue weighted by atomic mass is 35.5. The molecule has 0 saturated carbocycles. The molecule has 0 saturated heterocycles. The largest absolute Gasteiger partial charge is 0.290 e. The molecule has 0 aliphatic heterocycles. The smallest absolute Gasteiger partial charge is 0.262 e. The molecule has 0 atom stereocenters. The maximum atomic E-state index is 12.7. The maximum Gasteiger partial charge on any atom is 0.262 e. The highest BCUT2D eigenvalue weighted by molar-refractivity contribution is 7.98. The predicted molar refractivity (Wildman–Crippen MR) is 97.9 cm³/mol. The summed E-state index contributed by atoms with van der Waals surface area (Å²) >= 11 is 9.29. The van der Waals surface area contributed by atoms with Crippen molar-refractivity contribution >= 4 is 44.9 Å². The Morgan fingerprint density at radius 1 is 1.39 bits per heavy atom. The first-order chi connectivity index (χ1) is 11.1. The molecule has 6 heteroatoms. The van der Waals surface area contributed by atoms with Crippen LogP contribution in [-0.2, 0) is 25.6 Å². The van der Waals surface area contributed by atoms with Gasteiger partial charge in [-0.1, -0.05) is 35.5 Å². The van der Waals surface area contributed by atoms with Crippen LogP contribution in [0.5, 0.6) is 0 Å². The number of benzene rings is 1. The Kier molecular flexibility index (Phi) is 3.95. The predicted octanol–water partition coefficient (Wildman–Crippen LogP) is 4.43. The van der Waals surface area contributed by atoms with Crippen molar-refractivity contribution in [2.24, 2.45) is 7.05 Å². The van der Waals surface area contributed by atoms with Gasteiger partial charge in [0.15, 0.2) is 5.16 Å². The van der Waals surface area contributed by atoms with Crippen LogP contribution in [-0.4, -0.2) is 9.55 Å². The first-order valence-electron chi connectivity index (χ1n) is 7.52. The molecule has 2 aromatic heterocycles. The standard InChI is InChI=1S/C17H15ClN2OS2/c1-20-16(21)14-12-6-3-7-13(12)23-15(14)19-17(20)22-9-10-4-2-5-11(18)8-10/h2,4-5,8H,3,6-7,9H2,1H3. The number of aryl methyl sites for hydroxylation is 2. The number of hydrogen-bond donors (Lipinski definition) is 0. The van der Waals surface area contributed by atoms with Gasteiger partial charge in [0.1, 0.15) is 4.83 Å². The van der Waals surface area contributed by atoms with E-state index in [0.717, 1.165) is 51.0 Å². The Morgan fingerprint density at radius 2 is 2.26 bits per heavy atom. The summed E-state index contributed by atoms with van der Waals surface area (Å²) < 4.78 is 1.68. The molecule has 0 bridgehead atoms. The highest BCUT2D eigenvalue weighted by Crippen LogP contribution is 2.35. The first kappa shape index (κ1) is 15.2. The topological polar surface area (TPSA) is 34.9 Å². The van der Waals surface area contributed by atoms with E-state index < -0.39 is 0 Å². The van der Waals surface area contributed by atoms with Crippen molar-refractivity contribution in [2.45, 2.75) is 30.2 Å². The second-order valence-corrected chi connectivity index (χ2v) is 8.18. The average Bonchev–Trinajstić information content (AvgIpc) is 3.10. The second-order valence-electron chi connectivity index (χ2n) is 5.71. The molecule has 0 radical (unpaired) electrons. The van der Waals surface area contributed by atoms with Gasteiger partial charge < -0.3 is 0 Å². The van der Waals surface area contributed by atoms with Gasteiger partial charge in [-0.25, -0.2) is 4.98 Å². The van der Waals surface area contributed by atoms with Gasteiger partial charge in [0, 0.05) is 22.7 Å². The van der Waals surface area contributed by atoms with Gasteiger partial charge in [-0.3, -0.25) is 9.36 Å². The van der Waals surface area contributed by atoms with E-state index in [1.54, 1.807) is 27.7 Å². The normalized spacial score (nSPS) is 13.7. The molecule has 1 aliphatic rings. The van der Waals surface area contributed by atoms with E-state index in [1.807, 2.05) is 31.3 Å². The van der Waals surface area contributed by atoms with Crippen molar-refractivity contribution in [2.75, 3.05) is 0 Å². The van der Waals surface area contributed by atoms with Crippen LogP contribution in [0.25, 0.3) is 10.2 Å². The number of thioether (sulfide) groups is 1. The van der Waals surface area contributed by atoms with Crippen molar-refractivity contribution < 1.29 is 0 Å². The van der Waals surface area contributed by atoms with Gasteiger partial charge in [0.2, 0.25) is 0 Å². The third-order valence-electron chi connectivity index (χ3n) is 4.16. The molecule has 118 valence electrons. The van der Waals surface area contributed by atoms with Crippen LogP contribution in [0.1, 0.15) is 22.4 Å². The molecule has 0 fully saturated rings. The van der Waals surface area contributed by atoms with E-state index >= 15 is 0 Å². The summed E-state index contributed by atoms with van der Waals surface area (Å²) in [6.07, 6.45) is 3.26. The van der Waals surface area contributed by atoms with E-state index in [0.29, 0.717) is 0 Å². The van der Waals surface area contributed by atoms with Crippen LogP contribution in [0.3, 0.4) is 0 Å². The number of hydrogen-bond acceptors (Lipinski definition) is 4. The molecule has 0 unspecified atom stereocenters. The van der Waals surface area contributed by atoms with E-state index in [9.17, 15) is 4.79 Å². The zero-order chi connectivity index (χ0) is 16.0. The Morgan fingerprint density at radius 3 is 3.09 bits per heavy atom. The quantitative estimate of drug-likeness (QED) is 0.510. The van der Waals surface area contributed by atoms with E-state index in [1.165, 1.54) is 10.4 Å². The lowest BCUT2D eigenvalue weighted by Gasteiger charge is -2.08. The van der Waals surface area contributed by atoms with Crippen LogP contribution in [0.4, 0.5) is 0 Å². The van der Waals surface area contributed by atoms with Gasteiger partial charge in [-0.05, 0) is 42.5 Å². The van der Waals surface area contributed by atoms with E-state index in [2.05, 4.69) is 0 Å². The Bertz CT molecular complexity index is 961. The molecular formula is C17H15ClN2OS2. The number of rotatable bonds is 3. The Balaban J connectivity index is 1.71. The first-order valence-corrected chi connectivity index (χ1v) is 9.70. The molecule has 0 N–H and O–H groups in total. The van der Waals surface area contributed by atoms with E-state index in [4.69, 9.17) is 16.6 Å². The summed E-state index contributed by atoms with van der Waals surface area (Å²) in [7, 11) is 1.81. The lowest BCUT2D eigenvalue weighted by molar-refractivity contribution is 0.727. The van der Waals surface area contributed by atoms with Crippen molar-refractivity contribution in [1.29, 1.82) is 0 Å². The summed E-state index contributed by atoms with van der Waals surface area (Å²) in [6, 6.07) is 7.79. The number of fused-ring (bicyclic) bond motifs is 3.